The summed E-state index contributed by atoms with van der Waals surface area (Å²) >= 11 is 0. The molecule has 0 aliphatic rings. The van der Waals surface area contributed by atoms with Gasteiger partial charge in [0.15, 0.2) is 6.10 Å². The Labute approximate surface area is 419 Å². The largest absolute Gasteiger partial charge is 0.462 e. The third-order valence-electron chi connectivity index (χ3n) is 11.8. The molecule has 0 N–H and O–H groups in total. The van der Waals surface area contributed by atoms with E-state index in [1.54, 1.807) is 0 Å². The lowest BCUT2D eigenvalue weighted by Crippen LogP contribution is -2.30. The zero-order chi connectivity index (χ0) is 49.3. The molecule has 0 aliphatic heterocycles. The van der Waals surface area contributed by atoms with Crippen LogP contribution in [0.15, 0.2) is 97.2 Å². The van der Waals surface area contributed by atoms with Gasteiger partial charge in [0, 0.05) is 19.3 Å². The molecule has 388 valence electrons. The molecule has 0 heterocycles. The van der Waals surface area contributed by atoms with Crippen LogP contribution in [0.5, 0.6) is 0 Å². The number of allylic oxidation sites excluding steroid dienone is 16. The second-order valence-corrected chi connectivity index (χ2v) is 18.4. The molecule has 6 nitrogen and oxygen atoms in total. The first-order valence-corrected chi connectivity index (χ1v) is 28.2. The van der Waals surface area contributed by atoms with E-state index in [0.717, 1.165) is 89.9 Å². The van der Waals surface area contributed by atoms with Gasteiger partial charge in [-0.2, -0.15) is 0 Å². The van der Waals surface area contributed by atoms with Gasteiger partial charge in [0.05, 0.1) is 0 Å². The quantitative estimate of drug-likeness (QED) is 0.0262. The van der Waals surface area contributed by atoms with E-state index in [2.05, 4.69) is 112 Å². The molecule has 0 bridgehead atoms. The number of ether oxygens (including phenoxy) is 3. The molecule has 0 fully saturated rings. The zero-order valence-corrected chi connectivity index (χ0v) is 44.3. The minimum Gasteiger partial charge on any atom is -0.462 e. The number of hydrogen-bond acceptors (Lipinski definition) is 6. The van der Waals surface area contributed by atoms with Crippen LogP contribution in [0.2, 0.25) is 0 Å². The van der Waals surface area contributed by atoms with Crippen molar-refractivity contribution in [3.63, 3.8) is 0 Å². The molecule has 0 aliphatic carbocycles. The lowest BCUT2D eigenvalue weighted by Gasteiger charge is -2.18. The average molecular weight is 946 g/mol. The van der Waals surface area contributed by atoms with Crippen LogP contribution < -0.4 is 0 Å². The van der Waals surface area contributed by atoms with Crippen LogP contribution in [-0.2, 0) is 28.6 Å². The van der Waals surface area contributed by atoms with Crippen molar-refractivity contribution in [1.29, 1.82) is 0 Å². The molecule has 0 aromatic rings. The number of esters is 3. The van der Waals surface area contributed by atoms with Gasteiger partial charge in [0.2, 0.25) is 0 Å². The number of rotatable bonds is 50. The Bertz CT molecular complexity index is 1360. The molecule has 0 saturated heterocycles. The van der Waals surface area contributed by atoms with Crippen LogP contribution in [0.25, 0.3) is 0 Å². The van der Waals surface area contributed by atoms with Crippen LogP contribution in [0.4, 0.5) is 0 Å². The Morgan fingerprint density at radius 1 is 0.309 bits per heavy atom. The number of carbonyl (C=O) groups excluding carboxylic acids is 3. The summed E-state index contributed by atoms with van der Waals surface area (Å²) in [5, 5.41) is 0. The molecule has 0 radical (unpaired) electrons. The lowest BCUT2D eigenvalue weighted by atomic mass is 10.0. The zero-order valence-electron chi connectivity index (χ0n) is 44.3. The minimum absolute atomic E-state index is 0.107. The highest BCUT2D eigenvalue weighted by Crippen LogP contribution is 2.15. The van der Waals surface area contributed by atoms with Crippen molar-refractivity contribution in [3.8, 4) is 0 Å². The predicted octanol–water partition coefficient (Wildman–Crippen LogP) is 18.9. The summed E-state index contributed by atoms with van der Waals surface area (Å²) in [6.45, 7) is 6.36. The minimum atomic E-state index is -0.819. The van der Waals surface area contributed by atoms with Crippen molar-refractivity contribution < 1.29 is 28.6 Å². The fraction of sp³-hybridized carbons (Fsp3) is 0.694. The van der Waals surface area contributed by atoms with E-state index in [0.29, 0.717) is 19.3 Å². The third kappa shape index (κ3) is 53.3. The first-order chi connectivity index (χ1) is 33.5. The molecule has 0 aromatic carbocycles. The highest BCUT2D eigenvalue weighted by molar-refractivity contribution is 5.71. The monoisotopic (exact) mass is 945 g/mol. The summed E-state index contributed by atoms with van der Waals surface area (Å²) in [6.07, 6.45) is 74.1. The average Bonchev–Trinajstić information content (AvgIpc) is 3.34. The molecule has 0 amide bonds. The van der Waals surface area contributed by atoms with Crippen molar-refractivity contribution in [2.24, 2.45) is 0 Å². The van der Waals surface area contributed by atoms with Gasteiger partial charge in [-0.1, -0.05) is 253 Å². The van der Waals surface area contributed by atoms with Crippen molar-refractivity contribution in [1.82, 2.24) is 0 Å². The van der Waals surface area contributed by atoms with Crippen LogP contribution in [0.1, 0.15) is 258 Å². The molecule has 0 aromatic heterocycles. The summed E-state index contributed by atoms with van der Waals surface area (Å²) in [5.74, 6) is -0.992. The third-order valence-corrected chi connectivity index (χ3v) is 11.8. The van der Waals surface area contributed by atoms with E-state index in [1.807, 2.05) is 6.08 Å². The van der Waals surface area contributed by atoms with E-state index in [-0.39, 0.29) is 31.6 Å². The maximum Gasteiger partial charge on any atom is 0.306 e. The Morgan fingerprint density at radius 3 is 0.956 bits per heavy atom. The van der Waals surface area contributed by atoms with Crippen molar-refractivity contribution in [2.75, 3.05) is 13.2 Å². The summed E-state index contributed by atoms with van der Waals surface area (Å²) in [7, 11) is 0. The van der Waals surface area contributed by atoms with Gasteiger partial charge >= 0.3 is 17.9 Å². The SMILES string of the molecule is CC/C=C\C/C=C\C/C=C\C/C=C\C/C=C\CCC(=O)OC(COC(=O)CCCCCCCCCCC/C=C\C/C=C\C/C=C\CC)COC(=O)CCCCCCCCCCCCCCCCC. The maximum absolute atomic E-state index is 12.8. The first-order valence-electron chi connectivity index (χ1n) is 28.2. The summed E-state index contributed by atoms with van der Waals surface area (Å²) < 4.78 is 16.8. The fourth-order valence-electron chi connectivity index (χ4n) is 7.68. The maximum atomic E-state index is 12.8. The molecular formula is C62H104O6. The molecule has 1 atom stereocenters. The van der Waals surface area contributed by atoms with Gasteiger partial charge in [-0.05, 0) is 83.5 Å². The molecular weight excluding hydrogens is 841 g/mol. The number of unbranched alkanes of at least 4 members (excludes halogenated alkanes) is 23. The fourth-order valence-corrected chi connectivity index (χ4v) is 7.68. The lowest BCUT2D eigenvalue weighted by molar-refractivity contribution is -0.166. The van der Waals surface area contributed by atoms with Crippen molar-refractivity contribution in [2.45, 2.75) is 264 Å². The van der Waals surface area contributed by atoms with E-state index in [4.69, 9.17) is 14.2 Å². The Kier molecular flexibility index (Phi) is 52.9. The van der Waals surface area contributed by atoms with Gasteiger partial charge in [0.25, 0.3) is 0 Å². The number of hydrogen-bond donors (Lipinski definition) is 0. The van der Waals surface area contributed by atoms with Crippen molar-refractivity contribution in [3.05, 3.63) is 97.2 Å². The Balaban J connectivity index is 4.47. The molecule has 0 saturated carbocycles. The van der Waals surface area contributed by atoms with E-state index < -0.39 is 12.1 Å². The van der Waals surface area contributed by atoms with Crippen LogP contribution in [0, 0.1) is 0 Å². The van der Waals surface area contributed by atoms with Crippen LogP contribution >= 0.6 is 0 Å². The number of carbonyl (C=O) groups is 3. The molecule has 0 rings (SSSR count). The van der Waals surface area contributed by atoms with E-state index in [1.165, 1.54) is 122 Å². The van der Waals surface area contributed by atoms with Crippen molar-refractivity contribution >= 4 is 17.9 Å². The highest BCUT2D eigenvalue weighted by atomic mass is 16.6. The van der Waals surface area contributed by atoms with Gasteiger partial charge in [0.1, 0.15) is 13.2 Å². The van der Waals surface area contributed by atoms with E-state index >= 15 is 0 Å². The van der Waals surface area contributed by atoms with Crippen LogP contribution in [-0.4, -0.2) is 37.2 Å². The Morgan fingerprint density at radius 2 is 0.603 bits per heavy atom. The Hall–Kier alpha value is -3.67. The molecule has 68 heavy (non-hydrogen) atoms. The highest BCUT2D eigenvalue weighted by Gasteiger charge is 2.19. The van der Waals surface area contributed by atoms with Gasteiger partial charge in [-0.3, -0.25) is 14.4 Å². The molecule has 0 spiro atoms. The summed E-state index contributed by atoms with van der Waals surface area (Å²) in [6, 6.07) is 0. The first kappa shape index (κ1) is 64.3. The second kappa shape index (κ2) is 55.9. The smallest absolute Gasteiger partial charge is 0.306 e. The van der Waals surface area contributed by atoms with Gasteiger partial charge < -0.3 is 14.2 Å². The molecule has 6 heteroatoms. The normalized spacial score (nSPS) is 12.8. The second-order valence-electron chi connectivity index (χ2n) is 18.4. The molecule has 1 unspecified atom stereocenters. The topological polar surface area (TPSA) is 78.9 Å². The predicted molar refractivity (Wildman–Crippen MR) is 293 cm³/mol. The summed E-state index contributed by atoms with van der Waals surface area (Å²) in [5.41, 5.74) is 0. The van der Waals surface area contributed by atoms with Gasteiger partial charge in [-0.25, -0.2) is 0 Å². The van der Waals surface area contributed by atoms with Crippen LogP contribution in [0.3, 0.4) is 0 Å². The standard InChI is InChI=1S/C62H104O6/c1-4-7-10-13-16-19-22-25-28-30-31-32-35-37-40-43-46-49-52-55-61(64)67-58-59(57-66-60(63)54-51-48-45-42-39-36-33-27-24-21-18-15-12-9-6-3)68-62(65)56-53-50-47-44-41-38-34-29-26-23-20-17-14-11-8-5-2/h7-8,10-11,16-17,19-20,25-26,28-29,38,41,47,50,59H,4-6,9,12-15,18,21-24,27,30-37,39-40,42-46,48-49,51-58H2,1-3H3/b10-7-,11-8-,19-16-,20-17-,28-25-,29-26-,41-38-,50-47-. The summed E-state index contributed by atoms with van der Waals surface area (Å²) in [4.78, 5) is 38.1. The van der Waals surface area contributed by atoms with E-state index in [9.17, 15) is 14.4 Å². The van der Waals surface area contributed by atoms with Gasteiger partial charge in [-0.15, -0.1) is 0 Å².